The van der Waals surface area contributed by atoms with Gasteiger partial charge in [-0.2, -0.15) is 0 Å². The maximum Gasteiger partial charge on any atom is 0.313 e. The molecule has 0 radical (unpaired) electrons. The number of ether oxygens (including phenoxy) is 2. The van der Waals surface area contributed by atoms with Crippen LogP contribution in [0.5, 0.6) is 5.75 Å². The minimum atomic E-state index is -0.359. The molecule has 1 aromatic heterocycles. The van der Waals surface area contributed by atoms with Gasteiger partial charge in [0.2, 0.25) is 0 Å². The summed E-state index contributed by atoms with van der Waals surface area (Å²) in [4.78, 5) is 19.6. The van der Waals surface area contributed by atoms with E-state index in [1.54, 1.807) is 19.4 Å². The molecule has 0 atom stereocenters. The molecule has 0 aliphatic rings. The van der Waals surface area contributed by atoms with Crippen molar-refractivity contribution in [1.29, 1.82) is 0 Å². The van der Waals surface area contributed by atoms with Crippen molar-refractivity contribution >= 4 is 5.97 Å². The topological polar surface area (TPSA) is 61.3 Å². The van der Waals surface area contributed by atoms with Crippen LogP contribution in [0.15, 0.2) is 36.5 Å². The zero-order valence-corrected chi connectivity index (χ0v) is 10.8. The molecule has 0 amide bonds. The van der Waals surface area contributed by atoms with Gasteiger partial charge >= 0.3 is 5.97 Å². The quantitative estimate of drug-likeness (QED) is 0.783. The molecule has 0 saturated heterocycles. The van der Waals surface area contributed by atoms with Crippen LogP contribution in [0.3, 0.4) is 0 Å². The molecule has 0 unspecified atom stereocenters. The fourth-order valence-electron chi connectivity index (χ4n) is 1.63. The lowest BCUT2D eigenvalue weighted by atomic mass is 10.1. The van der Waals surface area contributed by atoms with Gasteiger partial charge in [-0.05, 0) is 18.2 Å². The molecule has 5 heteroatoms. The van der Waals surface area contributed by atoms with Gasteiger partial charge in [0, 0.05) is 11.8 Å². The molecule has 0 aliphatic carbocycles. The minimum Gasteiger partial charge on any atom is -0.497 e. The summed E-state index contributed by atoms with van der Waals surface area (Å²) in [5.41, 5.74) is 1.65. The van der Waals surface area contributed by atoms with Crippen molar-refractivity contribution in [1.82, 2.24) is 9.97 Å². The fraction of sp³-hybridized carbons (Fsp3) is 0.214. The van der Waals surface area contributed by atoms with E-state index >= 15 is 0 Å². The number of esters is 1. The zero-order valence-electron chi connectivity index (χ0n) is 10.8. The molecule has 2 aromatic rings. The number of methoxy groups -OCH3 is 2. The van der Waals surface area contributed by atoms with Crippen molar-refractivity contribution in [3.8, 4) is 17.0 Å². The van der Waals surface area contributed by atoms with E-state index in [1.807, 2.05) is 24.3 Å². The maximum absolute atomic E-state index is 11.2. The summed E-state index contributed by atoms with van der Waals surface area (Å²) >= 11 is 0. The molecule has 0 N–H and O–H groups in total. The molecule has 0 saturated carbocycles. The lowest BCUT2D eigenvalue weighted by Crippen LogP contribution is -2.08. The van der Waals surface area contributed by atoms with Gasteiger partial charge < -0.3 is 9.47 Å². The Hall–Kier alpha value is -2.43. The van der Waals surface area contributed by atoms with Crippen LogP contribution in [0, 0.1) is 0 Å². The number of rotatable bonds is 4. The van der Waals surface area contributed by atoms with Crippen molar-refractivity contribution in [2.45, 2.75) is 6.42 Å². The van der Waals surface area contributed by atoms with Crippen LogP contribution in [-0.4, -0.2) is 30.2 Å². The lowest BCUT2D eigenvalue weighted by molar-refractivity contribution is -0.139. The van der Waals surface area contributed by atoms with Crippen LogP contribution in [0.4, 0.5) is 0 Å². The normalized spacial score (nSPS) is 10.0. The fourth-order valence-corrected chi connectivity index (χ4v) is 1.63. The maximum atomic E-state index is 11.2. The highest BCUT2D eigenvalue weighted by Crippen LogP contribution is 2.21. The predicted octanol–water partition coefficient (Wildman–Crippen LogP) is 1.87. The highest BCUT2D eigenvalue weighted by atomic mass is 16.5. The second kappa shape index (κ2) is 5.95. The summed E-state index contributed by atoms with van der Waals surface area (Å²) in [5, 5.41) is 0. The first-order valence-electron chi connectivity index (χ1n) is 5.76. The summed E-state index contributed by atoms with van der Waals surface area (Å²) in [5.74, 6) is 0.834. The number of carbonyl (C=O) groups is 1. The Labute approximate surface area is 111 Å². The molecule has 0 bridgehead atoms. The summed E-state index contributed by atoms with van der Waals surface area (Å²) in [6.07, 6.45) is 1.69. The Morgan fingerprint density at radius 2 is 2.11 bits per heavy atom. The SMILES string of the molecule is COC(=O)Cc1nccc(-c2cccc(OC)c2)n1. The Kier molecular flexibility index (Phi) is 4.07. The number of benzene rings is 1. The van der Waals surface area contributed by atoms with Gasteiger partial charge in [0.15, 0.2) is 0 Å². The Balaban J connectivity index is 2.29. The van der Waals surface area contributed by atoms with Crippen LogP contribution in [0.2, 0.25) is 0 Å². The minimum absolute atomic E-state index is 0.0638. The summed E-state index contributed by atoms with van der Waals surface area (Å²) in [6, 6.07) is 9.34. The Morgan fingerprint density at radius 3 is 2.84 bits per heavy atom. The third kappa shape index (κ3) is 3.28. The van der Waals surface area contributed by atoms with E-state index in [0.29, 0.717) is 5.82 Å². The highest BCUT2D eigenvalue weighted by molar-refractivity contribution is 5.71. The van der Waals surface area contributed by atoms with Crippen molar-refractivity contribution in [2.24, 2.45) is 0 Å². The van der Waals surface area contributed by atoms with E-state index in [4.69, 9.17) is 4.74 Å². The molecular weight excluding hydrogens is 244 g/mol. The van der Waals surface area contributed by atoms with Gasteiger partial charge in [-0.25, -0.2) is 9.97 Å². The number of aromatic nitrogens is 2. The average molecular weight is 258 g/mol. The van der Waals surface area contributed by atoms with E-state index in [1.165, 1.54) is 7.11 Å². The molecule has 1 aromatic carbocycles. The molecule has 2 rings (SSSR count). The van der Waals surface area contributed by atoms with E-state index in [0.717, 1.165) is 17.0 Å². The molecular formula is C14H14N2O3. The van der Waals surface area contributed by atoms with Gasteiger partial charge in [0.25, 0.3) is 0 Å². The van der Waals surface area contributed by atoms with Crippen LogP contribution in [-0.2, 0) is 16.0 Å². The van der Waals surface area contributed by atoms with Gasteiger partial charge in [0.05, 0.1) is 19.9 Å². The molecule has 0 aliphatic heterocycles. The molecule has 19 heavy (non-hydrogen) atoms. The van der Waals surface area contributed by atoms with E-state index < -0.39 is 0 Å². The Bertz CT molecular complexity index is 584. The first-order valence-corrected chi connectivity index (χ1v) is 5.76. The number of hydrogen-bond donors (Lipinski definition) is 0. The molecule has 98 valence electrons. The predicted molar refractivity (Wildman–Crippen MR) is 69.7 cm³/mol. The van der Waals surface area contributed by atoms with Crippen molar-refractivity contribution < 1.29 is 14.3 Å². The Morgan fingerprint density at radius 1 is 1.26 bits per heavy atom. The molecule has 0 spiro atoms. The highest BCUT2D eigenvalue weighted by Gasteiger charge is 2.08. The van der Waals surface area contributed by atoms with Crippen LogP contribution >= 0.6 is 0 Å². The van der Waals surface area contributed by atoms with Crippen molar-refractivity contribution in [3.05, 3.63) is 42.4 Å². The second-order valence-electron chi connectivity index (χ2n) is 3.84. The van der Waals surface area contributed by atoms with Crippen LogP contribution < -0.4 is 4.74 Å². The lowest BCUT2D eigenvalue weighted by Gasteiger charge is -2.05. The number of carbonyl (C=O) groups excluding carboxylic acids is 1. The largest absolute Gasteiger partial charge is 0.497 e. The van der Waals surface area contributed by atoms with Gasteiger partial charge in [-0.15, -0.1) is 0 Å². The standard InChI is InChI=1S/C14H14N2O3/c1-18-11-5-3-4-10(8-11)12-6-7-15-13(16-12)9-14(17)19-2/h3-8H,9H2,1-2H3. The van der Waals surface area contributed by atoms with Gasteiger partial charge in [0.1, 0.15) is 18.0 Å². The second-order valence-corrected chi connectivity index (χ2v) is 3.84. The molecule has 1 heterocycles. The third-order valence-corrected chi connectivity index (χ3v) is 2.60. The first-order chi connectivity index (χ1) is 9.22. The summed E-state index contributed by atoms with van der Waals surface area (Å²) in [7, 11) is 2.95. The third-order valence-electron chi connectivity index (χ3n) is 2.60. The van der Waals surface area contributed by atoms with Crippen LogP contribution in [0.1, 0.15) is 5.82 Å². The molecule has 5 nitrogen and oxygen atoms in total. The van der Waals surface area contributed by atoms with Gasteiger partial charge in [-0.1, -0.05) is 12.1 Å². The number of hydrogen-bond acceptors (Lipinski definition) is 5. The summed E-state index contributed by atoms with van der Waals surface area (Å²) in [6.45, 7) is 0. The summed E-state index contributed by atoms with van der Waals surface area (Å²) < 4.78 is 9.77. The zero-order chi connectivity index (χ0) is 13.7. The smallest absolute Gasteiger partial charge is 0.313 e. The monoisotopic (exact) mass is 258 g/mol. The van der Waals surface area contributed by atoms with Crippen molar-refractivity contribution in [3.63, 3.8) is 0 Å². The van der Waals surface area contributed by atoms with E-state index in [9.17, 15) is 4.79 Å². The molecule has 0 fully saturated rings. The van der Waals surface area contributed by atoms with E-state index in [2.05, 4.69) is 14.7 Å². The first kappa shape index (κ1) is 13.0. The number of nitrogens with zero attached hydrogens (tertiary/aromatic N) is 2. The average Bonchev–Trinajstić information content (AvgIpc) is 2.47. The van der Waals surface area contributed by atoms with E-state index in [-0.39, 0.29) is 12.4 Å². The van der Waals surface area contributed by atoms with Gasteiger partial charge in [-0.3, -0.25) is 4.79 Å². The van der Waals surface area contributed by atoms with Crippen molar-refractivity contribution in [2.75, 3.05) is 14.2 Å². The van der Waals surface area contributed by atoms with Crippen LogP contribution in [0.25, 0.3) is 11.3 Å².